The summed E-state index contributed by atoms with van der Waals surface area (Å²) < 4.78 is 13.1. The van der Waals surface area contributed by atoms with E-state index >= 15 is 0 Å². The number of pyridine rings is 1. The highest BCUT2D eigenvalue weighted by atomic mass is 19.1. The van der Waals surface area contributed by atoms with Gasteiger partial charge in [0, 0.05) is 18.0 Å². The van der Waals surface area contributed by atoms with Crippen molar-refractivity contribution in [1.29, 1.82) is 0 Å². The Morgan fingerprint density at radius 3 is 2.62 bits per heavy atom. The second-order valence-corrected chi connectivity index (χ2v) is 5.93. The summed E-state index contributed by atoms with van der Waals surface area (Å²) in [5, 5.41) is 2.75. The lowest BCUT2D eigenvalue weighted by atomic mass is 10.0. The number of nitrogens with zero attached hydrogens (tertiary/aromatic N) is 2. The van der Waals surface area contributed by atoms with Crippen LogP contribution >= 0.6 is 0 Å². The molecule has 1 aliphatic heterocycles. The number of para-hydroxylation sites is 2. The van der Waals surface area contributed by atoms with Crippen molar-refractivity contribution >= 4 is 23.2 Å². The van der Waals surface area contributed by atoms with Crippen LogP contribution in [0.4, 0.5) is 15.8 Å². The van der Waals surface area contributed by atoms with Crippen LogP contribution in [0.15, 0.2) is 67.0 Å². The molecule has 5 nitrogen and oxygen atoms in total. The molecule has 1 N–H and O–H groups in total. The quantitative estimate of drug-likeness (QED) is 0.772. The summed E-state index contributed by atoms with van der Waals surface area (Å²) in [6.45, 7) is -0.0589. The Balaban J connectivity index is 1.70. The average Bonchev–Trinajstić information content (AvgIpc) is 2.67. The van der Waals surface area contributed by atoms with E-state index in [1.54, 1.807) is 42.6 Å². The largest absolute Gasteiger partial charge is 0.323 e. The van der Waals surface area contributed by atoms with Crippen molar-refractivity contribution < 1.29 is 14.0 Å². The number of hydrogen-bond acceptors (Lipinski definition) is 3. The highest BCUT2D eigenvalue weighted by Crippen LogP contribution is 2.30. The van der Waals surface area contributed by atoms with E-state index in [1.165, 1.54) is 23.2 Å². The summed E-state index contributed by atoms with van der Waals surface area (Å²) in [5.41, 5.74) is 3.05. The van der Waals surface area contributed by atoms with E-state index in [2.05, 4.69) is 10.3 Å². The topological polar surface area (TPSA) is 62.3 Å². The van der Waals surface area contributed by atoms with Crippen molar-refractivity contribution in [3.63, 3.8) is 0 Å². The molecular formula is C20H14FN3O2. The lowest BCUT2D eigenvalue weighted by molar-refractivity contribution is -0.115. The lowest BCUT2D eigenvalue weighted by Gasteiger charge is -2.29. The predicted molar refractivity (Wildman–Crippen MR) is 96.4 cm³/mol. The Morgan fingerprint density at radius 1 is 1.04 bits per heavy atom. The van der Waals surface area contributed by atoms with Crippen molar-refractivity contribution in [2.45, 2.75) is 0 Å². The Morgan fingerprint density at radius 2 is 1.81 bits per heavy atom. The molecule has 1 aromatic heterocycles. The molecular weight excluding hydrogens is 333 g/mol. The van der Waals surface area contributed by atoms with Crippen molar-refractivity contribution in [3.8, 4) is 11.1 Å². The first-order chi connectivity index (χ1) is 12.6. The molecule has 0 saturated carbocycles. The number of benzene rings is 2. The van der Waals surface area contributed by atoms with Crippen LogP contribution in [0.1, 0.15) is 10.4 Å². The first-order valence-electron chi connectivity index (χ1n) is 8.03. The van der Waals surface area contributed by atoms with Gasteiger partial charge in [0.2, 0.25) is 5.91 Å². The van der Waals surface area contributed by atoms with E-state index in [4.69, 9.17) is 0 Å². The van der Waals surface area contributed by atoms with Crippen LogP contribution in [0.5, 0.6) is 0 Å². The van der Waals surface area contributed by atoms with Crippen molar-refractivity contribution in [3.05, 3.63) is 78.4 Å². The molecule has 2 aromatic carbocycles. The number of aromatic nitrogens is 1. The summed E-state index contributed by atoms with van der Waals surface area (Å²) in [4.78, 5) is 30.5. The van der Waals surface area contributed by atoms with Crippen molar-refractivity contribution in [2.24, 2.45) is 0 Å². The molecule has 0 radical (unpaired) electrons. The zero-order valence-electron chi connectivity index (χ0n) is 13.6. The highest BCUT2D eigenvalue weighted by Gasteiger charge is 2.27. The first-order valence-corrected chi connectivity index (χ1v) is 8.03. The SMILES string of the molecule is O=C1CN(C(=O)c2cncc(-c3ccc(F)cc3)c2)c2ccccc2N1. The van der Waals surface area contributed by atoms with Gasteiger partial charge in [0.05, 0.1) is 16.9 Å². The van der Waals surface area contributed by atoms with Crippen LogP contribution < -0.4 is 10.2 Å². The standard InChI is InChI=1S/C20H14FN3O2/c21-16-7-5-13(6-8-16)14-9-15(11-22-10-14)20(26)24-12-19(25)23-17-3-1-2-4-18(17)24/h1-11H,12H2,(H,23,25). The van der Waals surface area contributed by atoms with Gasteiger partial charge in [-0.25, -0.2) is 4.39 Å². The zero-order chi connectivity index (χ0) is 18.1. The maximum absolute atomic E-state index is 13.1. The molecule has 2 amide bonds. The van der Waals surface area contributed by atoms with Gasteiger partial charge >= 0.3 is 0 Å². The first kappa shape index (κ1) is 16.0. The van der Waals surface area contributed by atoms with Gasteiger partial charge in [-0.05, 0) is 35.9 Å². The summed E-state index contributed by atoms with van der Waals surface area (Å²) in [6.07, 6.45) is 3.07. The molecule has 1 aliphatic rings. The summed E-state index contributed by atoms with van der Waals surface area (Å²) in [5.74, 6) is -0.895. The second kappa shape index (κ2) is 6.40. The number of fused-ring (bicyclic) bond motifs is 1. The zero-order valence-corrected chi connectivity index (χ0v) is 13.6. The third kappa shape index (κ3) is 2.93. The Labute approximate surface area is 149 Å². The number of halogens is 1. The molecule has 0 saturated heterocycles. The summed E-state index contributed by atoms with van der Waals surface area (Å²) in [6, 6.07) is 14.8. The van der Waals surface area contributed by atoms with E-state index in [0.717, 1.165) is 5.56 Å². The van der Waals surface area contributed by atoms with Crippen LogP contribution in [-0.4, -0.2) is 23.3 Å². The van der Waals surface area contributed by atoms with E-state index in [1.807, 2.05) is 6.07 Å². The van der Waals surface area contributed by atoms with Gasteiger partial charge < -0.3 is 5.32 Å². The van der Waals surface area contributed by atoms with Crippen LogP contribution in [0.2, 0.25) is 0 Å². The van der Waals surface area contributed by atoms with E-state index in [0.29, 0.717) is 22.5 Å². The molecule has 26 heavy (non-hydrogen) atoms. The minimum atomic E-state index is -0.329. The Bertz CT molecular complexity index is 1000. The fraction of sp³-hybridized carbons (Fsp3) is 0.0500. The molecule has 0 spiro atoms. The van der Waals surface area contributed by atoms with E-state index in [9.17, 15) is 14.0 Å². The monoisotopic (exact) mass is 347 g/mol. The number of rotatable bonds is 2. The van der Waals surface area contributed by atoms with Crippen LogP contribution in [0, 0.1) is 5.82 Å². The lowest BCUT2D eigenvalue weighted by Crippen LogP contribution is -2.42. The highest BCUT2D eigenvalue weighted by molar-refractivity contribution is 6.15. The van der Waals surface area contributed by atoms with Crippen molar-refractivity contribution in [2.75, 3.05) is 16.8 Å². The Kier molecular flexibility index (Phi) is 3.93. The third-order valence-electron chi connectivity index (χ3n) is 4.18. The fourth-order valence-corrected chi connectivity index (χ4v) is 2.93. The van der Waals surface area contributed by atoms with Gasteiger partial charge in [-0.2, -0.15) is 0 Å². The van der Waals surface area contributed by atoms with E-state index < -0.39 is 0 Å². The number of nitrogens with one attached hydrogen (secondary N) is 1. The summed E-state index contributed by atoms with van der Waals surface area (Å²) >= 11 is 0. The van der Waals surface area contributed by atoms with Gasteiger partial charge in [-0.15, -0.1) is 0 Å². The van der Waals surface area contributed by atoms with Gasteiger partial charge in [-0.1, -0.05) is 24.3 Å². The smallest absolute Gasteiger partial charge is 0.260 e. The van der Waals surface area contributed by atoms with Gasteiger partial charge in [0.1, 0.15) is 12.4 Å². The normalized spacial score (nSPS) is 13.1. The molecule has 0 fully saturated rings. The number of anilines is 2. The van der Waals surface area contributed by atoms with Crippen LogP contribution in [0.25, 0.3) is 11.1 Å². The van der Waals surface area contributed by atoms with Gasteiger partial charge in [0.15, 0.2) is 0 Å². The fourth-order valence-electron chi connectivity index (χ4n) is 2.93. The maximum atomic E-state index is 13.1. The number of amides is 2. The van der Waals surface area contributed by atoms with E-state index in [-0.39, 0.29) is 24.2 Å². The number of hydrogen-bond donors (Lipinski definition) is 1. The summed E-state index contributed by atoms with van der Waals surface area (Å²) in [7, 11) is 0. The average molecular weight is 347 g/mol. The Hall–Kier alpha value is -3.54. The van der Waals surface area contributed by atoms with Gasteiger partial charge in [0.25, 0.3) is 5.91 Å². The molecule has 0 bridgehead atoms. The molecule has 6 heteroatoms. The maximum Gasteiger partial charge on any atom is 0.260 e. The molecule has 2 heterocycles. The minimum Gasteiger partial charge on any atom is -0.323 e. The van der Waals surface area contributed by atoms with Crippen LogP contribution in [0.3, 0.4) is 0 Å². The number of carbonyl (C=O) groups excluding carboxylic acids is 2. The molecule has 0 aliphatic carbocycles. The number of carbonyl (C=O) groups is 2. The van der Waals surface area contributed by atoms with Crippen molar-refractivity contribution in [1.82, 2.24) is 4.98 Å². The molecule has 0 atom stereocenters. The molecule has 128 valence electrons. The minimum absolute atomic E-state index is 0.0589. The molecule has 3 aromatic rings. The molecule has 4 rings (SSSR count). The van der Waals surface area contributed by atoms with Crippen LogP contribution in [-0.2, 0) is 4.79 Å². The predicted octanol–water partition coefficient (Wildman–Crippen LogP) is 3.49. The molecule has 0 unspecified atom stereocenters. The van der Waals surface area contributed by atoms with Gasteiger partial charge in [-0.3, -0.25) is 19.5 Å². The third-order valence-corrected chi connectivity index (χ3v) is 4.18. The second-order valence-electron chi connectivity index (χ2n) is 5.93.